The van der Waals surface area contributed by atoms with Crippen molar-refractivity contribution in [3.05, 3.63) is 36.6 Å². The lowest BCUT2D eigenvalue weighted by Gasteiger charge is -2.15. The molecular weight excluding hydrogens is 224 g/mol. The Kier molecular flexibility index (Phi) is 16.8. The number of hydrogen-bond donors (Lipinski definition) is 0. The van der Waals surface area contributed by atoms with Crippen LogP contribution in [0.5, 0.6) is 0 Å². The second-order valence-corrected chi connectivity index (χ2v) is 3.99. The van der Waals surface area contributed by atoms with Gasteiger partial charge in [-0.25, -0.2) is 0 Å². The van der Waals surface area contributed by atoms with E-state index < -0.39 is 5.41 Å². The molecule has 0 rings (SSSR count). The van der Waals surface area contributed by atoms with Crippen LogP contribution in [-0.2, 0) is 9.53 Å². The van der Waals surface area contributed by atoms with E-state index in [9.17, 15) is 4.79 Å². The van der Waals surface area contributed by atoms with Gasteiger partial charge in [0.1, 0.15) is 5.76 Å². The summed E-state index contributed by atoms with van der Waals surface area (Å²) in [5, 5.41) is 0. The van der Waals surface area contributed by atoms with Gasteiger partial charge in [0.05, 0.1) is 5.41 Å². The molecular formula is C16H30O2. The van der Waals surface area contributed by atoms with E-state index in [-0.39, 0.29) is 5.97 Å². The largest absolute Gasteiger partial charge is 0.427 e. The Balaban J connectivity index is -0.000000506. The fraction of sp³-hybridized carbons (Fsp3) is 0.562. The van der Waals surface area contributed by atoms with Gasteiger partial charge < -0.3 is 4.74 Å². The molecule has 0 aromatic carbocycles. The van der Waals surface area contributed by atoms with E-state index in [1.165, 1.54) is 0 Å². The lowest BCUT2D eigenvalue weighted by Crippen LogP contribution is -2.22. The lowest BCUT2D eigenvalue weighted by atomic mass is 9.97. The molecule has 2 nitrogen and oxygen atoms in total. The molecule has 0 aliphatic carbocycles. The Morgan fingerprint density at radius 1 is 1.06 bits per heavy atom. The zero-order valence-electron chi connectivity index (χ0n) is 13.3. The van der Waals surface area contributed by atoms with Crippen LogP contribution < -0.4 is 0 Å². The maximum absolute atomic E-state index is 11.4. The standard InChI is InChI=1S/C12H18O2.2C2H6/c1-6-7-8-9-10(2)14-11(13)12(3,4)5;2*1-2/h6-9H,2H2,1,3-5H3;2*1-2H3/b7-6-,9-8-;;. The summed E-state index contributed by atoms with van der Waals surface area (Å²) >= 11 is 0. The van der Waals surface area contributed by atoms with E-state index >= 15 is 0 Å². The molecule has 0 heterocycles. The molecule has 0 bridgehead atoms. The van der Waals surface area contributed by atoms with E-state index in [4.69, 9.17) is 4.74 Å². The summed E-state index contributed by atoms with van der Waals surface area (Å²) in [7, 11) is 0. The van der Waals surface area contributed by atoms with Crippen molar-refractivity contribution in [1.82, 2.24) is 0 Å². The van der Waals surface area contributed by atoms with Crippen molar-refractivity contribution in [2.45, 2.75) is 55.4 Å². The average molecular weight is 254 g/mol. The molecule has 0 N–H and O–H groups in total. The second kappa shape index (κ2) is 13.8. The quantitative estimate of drug-likeness (QED) is 0.389. The highest BCUT2D eigenvalue weighted by Gasteiger charge is 2.23. The van der Waals surface area contributed by atoms with Gasteiger partial charge >= 0.3 is 5.97 Å². The summed E-state index contributed by atoms with van der Waals surface area (Å²) in [6, 6.07) is 0. The number of ether oxygens (including phenoxy) is 1. The van der Waals surface area contributed by atoms with Gasteiger partial charge in [-0.15, -0.1) is 0 Å². The van der Waals surface area contributed by atoms with Crippen molar-refractivity contribution in [1.29, 1.82) is 0 Å². The second-order valence-electron chi connectivity index (χ2n) is 3.99. The van der Waals surface area contributed by atoms with Gasteiger partial charge in [0, 0.05) is 0 Å². The molecule has 0 fully saturated rings. The van der Waals surface area contributed by atoms with Crippen molar-refractivity contribution < 1.29 is 9.53 Å². The molecule has 0 radical (unpaired) electrons. The summed E-state index contributed by atoms with van der Waals surface area (Å²) in [6.07, 6.45) is 7.16. The first-order valence-corrected chi connectivity index (χ1v) is 6.58. The zero-order valence-corrected chi connectivity index (χ0v) is 13.3. The van der Waals surface area contributed by atoms with Crippen molar-refractivity contribution in [2.24, 2.45) is 5.41 Å². The van der Waals surface area contributed by atoms with Crippen LogP contribution in [0.15, 0.2) is 36.6 Å². The molecule has 106 valence electrons. The van der Waals surface area contributed by atoms with Crippen molar-refractivity contribution in [3.63, 3.8) is 0 Å². The van der Waals surface area contributed by atoms with Crippen LogP contribution in [0.25, 0.3) is 0 Å². The Morgan fingerprint density at radius 2 is 1.50 bits per heavy atom. The lowest BCUT2D eigenvalue weighted by molar-refractivity contribution is -0.147. The highest BCUT2D eigenvalue weighted by atomic mass is 16.5. The minimum atomic E-state index is -0.489. The molecule has 18 heavy (non-hydrogen) atoms. The first-order valence-electron chi connectivity index (χ1n) is 6.58. The number of hydrogen-bond acceptors (Lipinski definition) is 2. The number of carbonyl (C=O) groups is 1. The molecule has 0 amide bonds. The number of allylic oxidation sites excluding steroid dienone is 4. The maximum Gasteiger partial charge on any atom is 0.316 e. The maximum atomic E-state index is 11.4. The smallest absolute Gasteiger partial charge is 0.316 e. The molecule has 0 spiro atoms. The highest BCUT2D eigenvalue weighted by molar-refractivity contribution is 5.76. The third-order valence-corrected chi connectivity index (χ3v) is 1.42. The van der Waals surface area contributed by atoms with Crippen molar-refractivity contribution >= 4 is 5.97 Å². The van der Waals surface area contributed by atoms with Crippen LogP contribution in [0, 0.1) is 5.41 Å². The summed E-state index contributed by atoms with van der Waals surface area (Å²) in [5.74, 6) is 0.0932. The first-order chi connectivity index (χ1) is 8.38. The van der Waals surface area contributed by atoms with Gasteiger partial charge in [-0.05, 0) is 33.8 Å². The fourth-order valence-corrected chi connectivity index (χ4v) is 0.580. The Bertz CT molecular complexity index is 265. The van der Waals surface area contributed by atoms with Gasteiger partial charge in [0.25, 0.3) is 0 Å². The normalized spacial score (nSPS) is 10.2. The van der Waals surface area contributed by atoms with Gasteiger partial charge in [0.15, 0.2) is 0 Å². The third kappa shape index (κ3) is 14.7. The molecule has 0 saturated heterocycles. The molecule has 0 aliphatic rings. The van der Waals surface area contributed by atoms with E-state index in [0.717, 1.165) is 0 Å². The summed E-state index contributed by atoms with van der Waals surface area (Å²) in [6.45, 7) is 18.9. The van der Waals surface area contributed by atoms with Crippen molar-refractivity contribution in [2.75, 3.05) is 0 Å². The van der Waals surface area contributed by atoms with Gasteiger partial charge in [-0.3, -0.25) is 4.79 Å². The van der Waals surface area contributed by atoms with E-state index in [2.05, 4.69) is 6.58 Å². The van der Waals surface area contributed by atoms with E-state index in [1.54, 1.807) is 32.9 Å². The van der Waals surface area contributed by atoms with E-state index in [0.29, 0.717) is 5.76 Å². The minimum absolute atomic E-state index is 0.271. The summed E-state index contributed by atoms with van der Waals surface area (Å²) in [5.41, 5.74) is -0.489. The molecule has 0 atom stereocenters. The van der Waals surface area contributed by atoms with E-state index in [1.807, 2.05) is 46.8 Å². The predicted molar refractivity (Wildman–Crippen MR) is 81.3 cm³/mol. The SMILES string of the molecule is C=C(/C=C\C=C/C)OC(=O)C(C)(C)C.CC.CC. The Morgan fingerprint density at radius 3 is 1.83 bits per heavy atom. The fourth-order valence-electron chi connectivity index (χ4n) is 0.580. The van der Waals surface area contributed by atoms with Crippen molar-refractivity contribution in [3.8, 4) is 0 Å². The zero-order chi connectivity index (χ0) is 15.2. The van der Waals surface area contributed by atoms with Crippen LogP contribution in [0.1, 0.15) is 55.4 Å². The highest BCUT2D eigenvalue weighted by Crippen LogP contribution is 2.17. The summed E-state index contributed by atoms with van der Waals surface area (Å²) < 4.78 is 5.01. The van der Waals surface area contributed by atoms with Crippen LogP contribution in [0.4, 0.5) is 0 Å². The third-order valence-electron chi connectivity index (χ3n) is 1.42. The van der Waals surface area contributed by atoms with Crippen LogP contribution in [-0.4, -0.2) is 5.97 Å². The van der Waals surface area contributed by atoms with Crippen LogP contribution in [0.2, 0.25) is 0 Å². The molecule has 0 aromatic heterocycles. The first kappa shape index (κ1) is 21.9. The van der Waals surface area contributed by atoms with Gasteiger partial charge in [-0.1, -0.05) is 52.5 Å². The summed E-state index contributed by atoms with van der Waals surface area (Å²) in [4.78, 5) is 11.4. The van der Waals surface area contributed by atoms with Crippen LogP contribution in [0.3, 0.4) is 0 Å². The Labute approximate surface area is 113 Å². The molecule has 0 aromatic rings. The monoisotopic (exact) mass is 254 g/mol. The van der Waals surface area contributed by atoms with Crippen LogP contribution >= 0.6 is 0 Å². The van der Waals surface area contributed by atoms with Gasteiger partial charge in [-0.2, -0.15) is 0 Å². The topological polar surface area (TPSA) is 26.3 Å². The Hall–Kier alpha value is -1.31. The predicted octanol–water partition coefficient (Wildman–Crippen LogP) is 5.27. The number of carbonyl (C=O) groups excluding carboxylic acids is 1. The average Bonchev–Trinajstić information content (AvgIpc) is 2.33. The minimum Gasteiger partial charge on any atom is -0.427 e. The molecule has 0 saturated carbocycles. The molecule has 0 unspecified atom stereocenters. The number of esters is 1. The molecule has 2 heteroatoms. The molecule has 0 aliphatic heterocycles. The van der Waals surface area contributed by atoms with Gasteiger partial charge in [0.2, 0.25) is 0 Å². The number of rotatable bonds is 3.